The van der Waals surface area contributed by atoms with Crippen LogP contribution in [0.2, 0.25) is 0 Å². The summed E-state index contributed by atoms with van der Waals surface area (Å²) in [5.74, 6) is -0.121. The molecule has 9 heteroatoms. The zero-order valence-corrected chi connectivity index (χ0v) is 19.6. The molecule has 0 saturated carbocycles. The maximum atomic E-state index is 12.8. The zero-order valence-electron chi connectivity index (χ0n) is 18.8. The van der Waals surface area contributed by atoms with Gasteiger partial charge in [-0.05, 0) is 49.4 Å². The van der Waals surface area contributed by atoms with Gasteiger partial charge in [0.2, 0.25) is 21.8 Å². The summed E-state index contributed by atoms with van der Waals surface area (Å²) >= 11 is 0. The first-order chi connectivity index (χ1) is 15.8. The van der Waals surface area contributed by atoms with Crippen molar-refractivity contribution < 1.29 is 17.6 Å². The Hall–Kier alpha value is -3.04. The predicted molar refractivity (Wildman–Crippen MR) is 124 cm³/mol. The number of rotatable bonds is 7. The van der Waals surface area contributed by atoms with Gasteiger partial charge >= 0.3 is 6.01 Å². The highest BCUT2D eigenvalue weighted by Gasteiger charge is 2.32. The fourth-order valence-corrected chi connectivity index (χ4v) is 5.34. The van der Waals surface area contributed by atoms with Crippen molar-refractivity contribution in [2.24, 2.45) is 5.92 Å². The number of aromatic nitrogens is 2. The number of hydrogen-bond donors (Lipinski definition) is 1. The summed E-state index contributed by atoms with van der Waals surface area (Å²) in [5, 5.41) is 10.6. The van der Waals surface area contributed by atoms with Crippen LogP contribution < -0.4 is 5.32 Å². The maximum Gasteiger partial charge on any atom is 0.322 e. The summed E-state index contributed by atoms with van der Waals surface area (Å²) in [4.78, 5) is 12.9. The van der Waals surface area contributed by atoms with Crippen LogP contribution in [0.5, 0.6) is 0 Å². The van der Waals surface area contributed by atoms with E-state index in [-0.39, 0.29) is 35.8 Å². The van der Waals surface area contributed by atoms with Gasteiger partial charge in [0.25, 0.3) is 0 Å². The molecule has 1 amide bonds. The number of benzene rings is 2. The van der Waals surface area contributed by atoms with Crippen molar-refractivity contribution in [2.45, 2.75) is 44.4 Å². The van der Waals surface area contributed by atoms with E-state index in [1.54, 1.807) is 24.3 Å². The lowest BCUT2D eigenvalue weighted by molar-refractivity contribution is -0.121. The highest BCUT2D eigenvalue weighted by Crippen LogP contribution is 2.25. The van der Waals surface area contributed by atoms with E-state index in [2.05, 4.69) is 34.6 Å². The molecule has 1 aromatic heterocycles. The molecule has 0 radical (unpaired) electrons. The molecule has 33 heavy (non-hydrogen) atoms. The Morgan fingerprint density at radius 3 is 2.30 bits per heavy atom. The van der Waals surface area contributed by atoms with Crippen molar-refractivity contribution in [2.75, 3.05) is 18.4 Å². The lowest BCUT2D eigenvalue weighted by Crippen LogP contribution is -2.41. The summed E-state index contributed by atoms with van der Waals surface area (Å²) in [6, 6.07) is 15.1. The van der Waals surface area contributed by atoms with Crippen molar-refractivity contribution in [1.29, 1.82) is 0 Å². The van der Waals surface area contributed by atoms with Gasteiger partial charge in [-0.25, -0.2) is 8.42 Å². The van der Waals surface area contributed by atoms with E-state index in [4.69, 9.17) is 4.42 Å². The second-order valence-corrected chi connectivity index (χ2v) is 10.3. The number of piperidine rings is 1. The normalized spacial score (nSPS) is 15.5. The van der Waals surface area contributed by atoms with Gasteiger partial charge < -0.3 is 4.42 Å². The Balaban J connectivity index is 1.31. The Morgan fingerprint density at radius 2 is 1.67 bits per heavy atom. The molecule has 0 atom stereocenters. The minimum atomic E-state index is -3.56. The topological polar surface area (TPSA) is 105 Å². The third kappa shape index (κ3) is 5.48. The van der Waals surface area contributed by atoms with E-state index in [0.29, 0.717) is 25.2 Å². The van der Waals surface area contributed by atoms with Gasteiger partial charge in [-0.1, -0.05) is 54.0 Å². The number of carbonyl (C=O) groups excluding carboxylic acids is 1. The van der Waals surface area contributed by atoms with Gasteiger partial charge in [0, 0.05) is 19.0 Å². The van der Waals surface area contributed by atoms with E-state index in [1.807, 2.05) is 19.1 Å². The first-order valence-electron chi connectivity index (χ1n) is 11.1. The van der Waals surface area contributed by atoms with Crippen LogP contribution in [0.4, 0.5) is 6.01 Å². The van der Waals surface area contributed by atoms with E-state index >= 15 is 0 Å². The van der Waals surface area contributed by atoms with Crippen LogP contribution in [0.25, 0.3) is 0 Å². The van der Waals surface area contributed by atoms with Crippen LogP contribution in [0, 0.1) is 12.8 Å². The molecule has 174 valence electrons. The molecular formula is C24H28N4O4S. The number of carbonyl (C=O) groups is 1. The summed E-state index contributed by atoms with van der Waals surface area (Å²) in [5.41, 5.74) is 3.31. The highest BCUT2D eigenvalue weighted by molar-refractivity contribution is 7.89. The fraction of sp³-hybridized carbons (Fsp3) is 0.375. The largest absolute Gasteiger partial charge is 0.407 e. The smallest absolute Gasteiger partial charge is 0.322 e. The summed E-state index contributed by atoms with van der Waals surface area (Å²) in [6.07, 6.45) is 2.33. The molecule has 3 aromatic rings. The van der Waals surface area contributed by atoms with Gasteiger partial charge in [0.05, 0.1) is 11.3 Å². The number of nitrogens with one attached hydrogen (secondary N) is 1. The Bertz CT molecular complexity index is 1200. The van der Waals surface area contributed by atoms with Gasteiger partial charge in [-0.2, -0.15) is 4.31 Å². The van der Waals surface area contributed by atoms with Crippen LogP contribution in [0.3, 0.4) is 0 Å². The molecule has 2 aromatic carbocycles. The minimum Gasteiger partial charge on any atom is -0.407 e. The van der Waals surface area contributed by atoms with Crippen LogP contribution in [-0.2, 0) is 27.7 Å². The standard InChI is InChI=1S/C24H28N4O4S/c1-3-18-6-8-19(9-7-18)16-22-26-27-24(32-22)25-23(29)20-12-14-28(15-13-20)33(30,31)21-10-4-17(2)5-11-21/h4-11,20H,3,12-16H2,1-2H3,(H,25,27,29). The number of hydrogen-bond acceptors (Lipinski definition) is 6. The summed E-state index contributed by atoms with van der Waals surface area (Å²) < 4.78 is 32.7. The fourth-order valence-electron chi connectivity index (χ4n) is 3.87. The van der Waals surface area contributed by atoms with Crippen molar-refractivity contribution in [3.8, 4) is 0 Å². The SMILES string of the molecule is CCc1ccc(Cc2nnc(NC(=O)C3CCN(S(=O)(=O)c4ccc(C)cc4)CC3)o2)cc1. The first kappa shape index (κ1) is 23.1. The number of amides is 1. The third-order valence-corrected chi connectivity index (χ3v) is 7.88. The molecule has 0 aliphatic carbocycles. The van der Waals surface area contributed by atoms with Gasteiger partial charge in [0.15, 0.2) is 0 Å². The second-order valence-electron chi connectivity index (χ2n) is 8.33. The van der Waals surface area contributed by atoms with Crippen LogP contribution in [-0.4, -0.2) is 41.9 Å². The van der Waals surface area contributed by atoms with Gasteiger partial charge in [0.1, 0.15) is 0 Å². The molecule has 4 rings (SSSR count). The van der Waals surface area contributed by atoms with E-state index in [9.17, 15) is 13.2 Å². The predicted octanol–water partition coefficient (Wildman–Crippen LogP) is 3.57. The van der Waals surface area contributed by atoms with Gasteiger partial charge in [-0.3, -0.25) is 10.1 Å². The van der Waals surface area contributed by atoms with Crippen molar-refractivity contribution >= 4 is 21.9 Å². The number of anilines is 1. The third-order valence-electron chi connectivity index (χ3n) is 5.97. The van der Waals surface area contributed by atoms with Crippen LogP contribution in [0.1, 0.15) is 42.3 Å². The highest BCUT2D eigenvalue weighted by atomic mass is 32.2. The average Bonchev–Trinajstić information content (AvgIpc) is 3.26. The van der Waals surface area contributed by atoms with Crippen molar-refractivity contribution in [3.63, 3.8) is 0 Å². The molecule has 8 nitrogen and oxygen atoms in total. The molecule has 2 heterocycles. The molecule has 0 spiro atoms. The lowest BCUT2D eigenvalue weighted by atomic mass is 9.97. The number of sulfonamides is 1. The van der Waals surface area contributed by atoms with Crippen LogP contribution >= 0.6 is 0 Å². The van der Waals surface area contributed by atoms with Crippen molar-refractivity contribution in [1.82, 2.24) is 14.5 Å². The Labute approximate surface area is 194 Å². The average molecular weight is 469 g/mol. The molecule has 0 bridgehead atoms. The molecule has 0 unspecified atom stereocenters. The van der Waals surface area contributed by atoms with Crippen molar-refractivity contribution in [3.05, 3.63) is 71.1 Å². The first-order valence-corrected chi connectivity index (χ1v) is 12.6. The second kappa shape index (κ2) is 9.84. The van der Waals surface area contributed by atoms with Gasteiger partial charge in [-0.15, -0.1) is 5.10 Å². The summed E-state index contributed by atoms with van der Waals surface area (Å²) in [6.45, 7) is 4.60. The van der Waals surface area contributed by atoms with Crippen LogP contribution in [0.15, 0.2) is 57.8 Å². The Morgan fingerprint density at radius 1 is 1.03 bits per heavy atom. The monoisotopic (exact) mass is 468 g/mol. The molecule has 1 N–H and O–H groups in total. The molecule has 1 saturated heterocycles. The Kier molecular flexibility index (Phi) is 6.90. The summed E-state index contributed by atoms with van der Waals surface area (Å²) in [7, 11) is -3.56. The zero-order chi connectivity index (χ0) is 23.4. The van der Waals surface area contributed by atoms with E-state index < -0.39 is 10.0 Å². The quantitative estimate of drug-likeness (QED) is 0.568. The molecule has 1 fully saturated rings. The number of nitrogens with zero attached hydrogens (tertiary/aromatic N) is 3. The van der Waals surface area contributed by atoms with E-state index in [0.717, 1.165) is 17.5 Å². The minimum absolute atomic E-state index is 0.0647. The molecule has 1 aliphatic heterocycles. The van der Waals surface area contributed by atoms with E-state index in [1.165, 1.54) is 9.87 Å². The molecular weight excluding hydrogens is 440 g/mol. The number of aryl methyl sites for hydroxylation is 2. The molecule has 1 aliphatic rings. The lowest BCUT2D eigenvalue weighted by Gasteiger charge is -2.30. The maximum absolute atomic E-state index is 12.8.